The second kappa shape index (κ2) is 42.3. The van der Waals surface area contributed by atoms with Crippen molar-refractivity contribution in [2.75, 3.05) is 178 Å². The predicted octanol–water partition coefficient (Wildman–Crippen LogP) is 18.1. The minimum absolute atomic E-state index is 0.0559. The Morgan fingerprint density at radius 1 is 0.417 bits per heavy atom. The summed E-state index contributed by atoms with van der Waals surface area (Å²) >= 11 is 0. The van der Waals surface area contributed by atoms with E-state index in [4.69, 9.17) is 28.9 Å². The molecule has 1 saturated carbocycles. The van der Waals surface area contributed by atoms with Gasteiger partial charge >= 0.3 is 6.18 Å². The highest BCUT2D eigenvalue weighted by molar-refractivity contribution is 6.04. The number of fused-ring (bicyclic) bond motifs is 3. The molecule has 700 valence electrons. The highest BCUT2D eigenvalue weighted by Gasteiger charge is 2.37. The summed E-state index contributed by atoms with van der Waals surface area (Å²) in [7, 11) is 23.7. The molecule has 13 rings (SSSR count). The number of aromatic nitrogens is 12. The number of amides is 3. The molecule has 1 aliphatic rings. The van der Waals surface area contributed by atoms with E-state index in [-0.39, 0.29) is 64.4 Å². The summed E-state index contributed by atoms with van der Waals surface area (Å²) in [4.78, 5) is 89.2. The van der Waals surface area contributed by atoms with Crippen molar-refractivity contribution < 1.29 is 59.7 Å². The van der Waals surface area contributed by atoms with Crippen LogP contribution in [0.15, 0.2) is 129 Å². The van der Waals surface area contributed by atoms with Crippen LogP contribution in [0.5, 0.6) is 23.0 Å². The maximum Gasteiger partial charge on any atom is 0.419 e. The maximum atomic E-state index is 15.5. The third-order valence-corrected chi connectivity index (χ3v) is 22.0. The fourth-order valence-electron chi connectivity index (χ4n) is 15.3. The Hall–Kier alpha value is -13.9. The average molecular weight is 1820 g/mol. The molecule has 0 bridgehead atoms. The lowest BCUT2D eigenvalue weighted by atomic mass is 10.0. The highest BCUT2D eigenvalue weighted by Crippen LogP contribution is 2.48. The molecule has 31 nitrogen and oxygen atoms in total. The highest BCUT2D eigenvalue weighted by atomic mass is 19.4. The van der Waals surface area contributed by atoms with E-state index in [0.717, 1.165) is 85.3 Å². The van der Waals surface area contributed by atoms with Crippen molar-refractivity contribution in [2.24, 2.45) is 0 Å². The third kappa shape index (κ3) is 22.9. The molecule has 0 atom stereocenters. The summed E-state index contributed by atoms with van der Waals surface area (Å²) in [5.74, 6) is 1.68. The summed E-state index contributed by atoms with van der Waals surface area (Å²) in [5.41, 5.74) is 9.01. The van der Waals surface area contributed by atoms with Crippen LogP contribution < -0.4 is 65.5 Å². The van der Waals surface area contributed by atoms with Crippen molar-refractivity contribution in [3.63, 3.8) is 0 Å². The van der Waals surface area contributed by atoms with E-state index in [1.54, 1.807) is 50.0 Å². The second-order valence-electron chi connectivity index (χ2n) is 33.5. The molecule has 0 unspecified atom stereocenters. The summed E-state index contributed by atoms with van der Waals surface area (Å²) in [6, 6.07) is 19.8. The third-order valence-electron chi connectivity index (χ3n) is 22.0. The van der Waals surface area contributed by atoms with E-state index in [1.165, 1.54) is 50.8 Å². The average Bonchev–Trinajstić information content (AvgIpc) is 1.01. The van der Waals surface area contributed by atoms with E-state index in [2.05, 4.69) is 115 Å². The zero-order valence-electron chi connectivity index (χ0n) is 78.7. The summed E-state index contributed by atoms with van der Waals surface area (Å²) in [6.45, 7) is 32.4. The smallest absolute Gasteiger partial charge is 0.419 e. The summed E-state index contributed by atoms with van der Waals surface area (Å²) in [6.07, 6.45) is 4.81. The molecule has 12 aromatic rings. The maximum absolute atomic E-state index is 15.5. The number of alkyl halides is 3. The van der Waals surface area contributed by atoms with Crippen LogP contribution in [-0.2, 0) is 20.6 Å². The van der Waals surface area contributed by atoms with Gasteiger partial charge < -0.3 is 93.9 Å². The zero-order chi connectivity index (χ0) is 96.3. The topological polar surface area (TPSA) is 311 Å². The van der Waals surface area contributed by atoms with Crippen LogP contribution >= 0.6 is 0 Å². The number of carbonyl (C=O) groups excluding carboxylic acids is 3. The van der Waals surface area contributed by atoms with Gasteiger partial charge in [-0.25, -0.2) is 58.0 Å². The van der Waals surface area contributed by atoms with Crippen molar-refractivity contribution >= 4 is 120 Å². The number of ether oxygens (including phenoxy) is 4. The van der Waals surface area contributed by atoms with E-state index in [9.17, 15) is 27.6 Å². The molecular weight excluding hydrogens is 1700 g/mol. The van der Waals surface area contributed by atoms with Gasteiger partial charge in [-0.05, 0) is 196 Å². The Morgan fingerprint density at radius 3 is 1.02 bits per heavy atom. The van der Waals surface area contributed by atoms with E-state index < -0.39 is 35.0 Å². The number of nitrogens with one attached hydrogen (secondary N) is 6. The van der Waals surface area contributed by atoms with E-state index >= 15 is 13.2 Å². The first kappa shape index (κ1) is 98.6. The minimum Gasteiger partial charge on any atom is -0.494 e. The van der Waals surface area contributed by atoms with Gasteiger partial charge in [-0.3, -0.25) is 14.4 Å². The molecule has 132 heavy (non-hydrogen) atoms. The largest absolute Gasteiger partial charge is 0.494 e. The SMILES string of the molecule is C=CC(=O)Nc1cc(Nc2ncc(C(F)(F)F)c(-c3cc(F)c4nc(C)n(C(C)C)c4c3)n2)c(OC)cc1N(C)CCN(C)C.C=CC(=O)Nc1cc(Nc2ncc(C3CC3)c(-c3cc(F)c4nc(C)n(C(C)C)c4c3)n2)c(OC)cc1N(C)CCN(C)C.C=CC(=O)Nc1cc(Nc2ncc(OC)c(-c3cc(F)c4nc(C)n(C(C)C)c4c3)n2)c(OC)cc1N(C)CCN(C)C. The minimum atomic E-state index is -4.83. The number of hydrogen-bond acceptors (Lipinski definition) is 25. The number of likely N-dealkylation sites (N-methyl/N-ethyl adjacent to an activating group) is 6. The van der Waals surface area contributed by atoms with Gasteiger partial charge in [-0.2, -0.15) is 13.2 Å². The molecule has 6 aromatic heterocycles. The predicted molar refractivity (Wildman–Crippen MR) is 512 cm³/mol. The van der Waals surface area contributed by atoms with Gasteiger partial charge in [0.05, 0.1) is 114 Å². The summed E-state index contributed by atoms with van der Waals surface area (Å²) < 4.78 is 117. The van der Waals surface area contributed by atoms with Crippen LogP contribution in [0.2, 0.25) is 0 Å². The Labute approximate surface area is 764 Å². The molecule has 0 aliphatic heterocycles. The number of aryl methyl sites for hydroxylation is 3. The van der Waals surface area contributed by atoms with Crippen LogP contribution in [0.4, 0.5) is 95.4 Å². The fraction of sp³-hybridized carbons (Fsp3) is 0.368. The first-order chi connectivity index (χ1) is 62.6. The molecule has 1 fully saturated rings. The van der Waals surface area contributed by atoms with Crippen molar-refractivity contribution in [3.8, 4) is 56.8 Å². The number of halogens is 6. The van der Waals surface area contributed by atoms with Crippen LogP contribution in [0.3, 0.4) is 0 Å². The number of imidazole rings is 3. The lowest BCUT2D eigenvalue weighted by Crippen LogP contribution is -2.29. The van der Waals surface area contributed by atoms with Gasteiger partial charge in [0.1, 0.15) is 62.5 Å². The number of hydrogen-bond donors (Lipinski definition) is 6. The normalized spacial score (nSPS) is 12.0. The van der Waals surface area contributed by atoms with E-state index in [1.807, 2.05) is 159 Å². The zero-order valence-corrected chi connectivity index (χ0v) is 78.7. The first-order valence-corrected chi connectivity index (χ1v) is 42.7. The van der Waals surface area contributed by atoms with Crippen LogP contribution in [-0.4, -0.2) is 222 Å². The van der Waals surface area contributed by atoms with Gasteiger partial charge in [0, 0.05) is 131 Å². The number of methoxy groups -OCH3 is 4. The standard InChI is InChI=1S/C33H41FN8O2.C31H36F4N8O2.C31H39FN8O3/c1-9-30(43)37-25-16-26(29(44-8)17-27(25)41(7)13-12-40(5)6)38-33-35-18-23(21-10-11-21)31(39-33)22-14-24(34)32-28(15-22)42(19(2)3)20(4)36-32;1-9-27(44)38-22-14-23(26(45-8)15-24(22)42(7)11-10-41(5)6)39-30-36-16-20(31(33,34)35)28(40-30)19-12-21(32)29-25(13-19)43(17(2)3)18(4)37-29;1-10-28(41)35-22-15-23(26(42-8)16-24(22)39(7)12-11-38(5)6)36-31-33-17-27(43-9)29(37-31)20-13-21(32)30-25(14-20)40(18(2)3)19(4)34-30/h9,14-19,21H,1,10-13H2,2-8H3,(H,37,43)(H,35,38,39);9,12-17H,1,10-11H2,2-8H3,(H,38,44)(H,36,39,40);10,13-18H,1,11-12H2,2-9H3,(H,35,41)(H,33,36,37). The number of rotatable bonds is 35. The first-order valence-electron chi connectivity index (χ1n) is 42.7. The quantitative estimate of drug-likeness (QED) is 0.0159. The molecule has 0 radical (unpaired) electrons. The van der Waals surface area contributed by atoms with Gasteiger partial charge in [0.25, 0.3) is 0 Å². The van der Waals surface area contributed by atoms with E-state index in [0.29, 0.717) is 139 Å². The Kier molecular flexibility index (Phi) is 31.6. The van der Waals surface area contributed by atoms with Crippen LogP contribution in [0, 0.1) is 38.2 Å². The Balaban J connectivity index is 0.000000191. The Bertz CT molecular complexity index is 6280. The number of benzene rings is 6. The molecule has 3 amide bonds. The van der Waals surface area contributed by atoms with Gasteiger partial charge in [0.15, 0.2) is 23.2 Å². The van der Waals surface area contributed by atoms with Gasteiger partial charge in [0.2, 0.25) is 35.6 Å². The van der Waals surface area contributed by atoms with Crippen LogP contribution in [0.25, 0.3) is 66.9 Å². The molecule has 6 N–H and O–H groups in total. The van der Waals surface area contributed by atoms with Crippen molar-refractivity contribution in [3.05, 3.63) is 175 Å². The number of anilines is 12. The monoisotopic (exact) mass is 1820 g/mol. The molecule has 6 aromatic carbocycles. The Morgan fingerprint density at radius 2 is 0.720 bits per heavy atom. The molecule has 0 saturated heterocycles. The van der Waals surface area contributed by atoms with Crippen LogP contribution in [0.1, 0.15) is 107 Å². The molecular formula is C95H116F6N24O7. The van der Waals surface area contributed by atoms with Crippen molar-refractivity contribution in [1.82, 2.24) is 73.3 Å². The lowest BCUT2D eigenvalue weighted by Gasteiger charge is -2.26. The second-order valence-corrected chi connectivity index (χ2v) is 33.5. The van der Waals surface area contributed by atoms with Gasteiger partial charge in [-0.1, -0.05) is 19.7 Å². The number of carbonyl (C=O) groups is 3. The van der Waals surface area contributed by atoms with Gasteiger partial charge in [-0.15, -0.1) is 0 Å². The summed E-state index contributed by atoms with van der Waals surface area (Å²) in [5, 5.41) is 18.0. The fourth-order valence-corrected chi connectivity index (χ4v) is 15.3. The van der Waals surface area contributed by atoms with Crippen molar-refractivity contribution in [1.29, 1.82) is 0 Å². The molecule has 6 heterocycles. The lowest BCUT2D eigenvalue weighted by molar-refractivity contribution is -0.137. The van der Waals surface area contributed by atoms with Crippen molar-refractivity contribution in [2.45, 2.75) is 105 Å². The molecule has 37 heteroatoms. The molecule has 0 spiro atoms. The number of nitrogens with zero attached hydrogens (tertiary/aromatic N) is 18. The molecule has 1 aliphatic carbocycles.